The molecule has 0 aliphatic heterocycles. The number of benzene rings is 1. The molecule has 0 aliphatic carbocycles. The summed E-state index contributed by atoms with van der Waals surface area (Å²) < 4.78 is 41.8. The molecule has 0 heterocycles. The number of halogens is 3. The van der Waals surface area contributed by atoms with Crippen LogP contribution < -0.4 is 5.32 Å². The number of carbonyl (C=O) groups is 1. The Kier molecular flexibility index (Phi) is 5.38. The third-order valence-corrected chi connectivity index (χ3v) is 2.70. The van der Waals surface area contributed by atoms with Gasteiger partial charge < -0.3 is 15.2 Å². The molecule has 2 N–H and O–H groups in total. The topological polar surface area (TPSA) is 58.6 Å². The van der Waals surface area contributed by atoms with Crippen molar-refractivity contribution >= 4 is 6.09 Å². The number of hydrogen-bond donors (Lipinski definition) is 2. The monoisotopic (exact) mass is 291 g/mol. The standard InChI is InChI=1S/C13H16F3NO3/c1-12(19,13(14,15)16)7-8-17-11(18)20-9-10-5-3-2-4-6-10/h2-6,19H,7-9H2,1H3,(H,17,18). The van der Waals surface area contributed by atoms with Gasteiger partial charge in [-0.2, -0.15) is 13.2 Å². The lowest BCUT2D eigenvalue weighted by atomic mass is 10.0. The predicted molar refractivity (Wildman–Crippen MR) is 65.9 cm³/mol. The number of amides is 1. The Morgan fingerprint density at radius 3 is 2.45 bits per heavy atom. The zero-order chi connectivity index (χ0) is 15.2. The summed E-state index contributed by atoms with van der Waals surface area (Å²) in [5.41, 5.74) is -2.07. The first-order valence-corrected chi connectivity index (χ1v) is 5.96. The Labute approximate surface area is 114 Å². The summed E-state index contributed by atoms with van der Waals surface area (Å²) in [5.74, 6) is 0. The molecule has 7 heteroatoms. The molecule has 112 valence electrons. The van der Waals surface area contributed by atoms with Crippen LogP contribution >= 0.6 is 0 Å². The van der Waals surface area contributed by atoms with Crippen molar-refractivity contribution < 1.29 is 27.8 Å². The summed E-state index contributed by atoms with van der Waals surface area (Å²) in [7, 11) is 0. The van der Waals surface area contributed by atoms with Crippen LogP contribution in [-0.2, 0) is 11.3 Å². The van der Waals surface area contributed by atoms with Gasteiger partial charge in [0.1, 0.15) is 6.61 Å². The normalized spacial score (nSPS) is 14.4. The number of alkyl halides is 3. The number of aliphatic hydroxyl groups is 1. The number of carbonyl (C=O) groups excluding carboxylic acids is 1. The van der Waals surface area contributed by atoms with Crippen molar-refractivity contribution in [3.8, 4) is 0 Å². The van der Waals surface area contributed by atoms with Gasteiger partial charge in [0.15, 0.2) is 5.60 Å². The van der Waals surface area contributed by atoms with Crippen LogP contribution in [0.15, 0.2) is 30.3 Å². The molecule has 1 aromatic carbocycles. The summed E-state index contributed by atoms with van der Waals surface area (Å²) in [4.78, 5) is 11.3. The van der Waals surface area contributed by atoms with Crippen LogP contribution in [0.3, 0.4) is 0 Å². The lowest BCUT2D eigenvalue weighted by molar-refractivity contribution is -0.254. The van der Waals surface area contributed by atoms with E-state index in [1.165, 1.54) is 0 Å². The summed E-state index contributed by atoms with van der Waals surface area (Å²) in [6.45, 7) is 0.354. The highest BCUT2D eigenvalue weighted by atomic mass is 19.4. The molecule has 0 fully saturated rings. The Hall–Kier alpha value is -1.76. The van der Waals surface area contributed by atoms with Crippen molar-refractivity contribution in [2.75, 3.05) is 6.54 Å². The molecule has 0 bridgehead atoms. The second-order valence-electron chi connectivity index (χ2n) is 4.51. The molecule has 20 heavy (non-hydrogen) atoms. The van der Waals surface area contributed by atoms with E-state index in [0.717, 1.165) is 5.56 Å². The molecule has 0 aliphatic rings. The van der Waals surface area contributed by atoms with E-state index >= 15 is 0 Å². The SMILES string of the molecule is CC(O)(CCNC(=O)OCc1ccccc1)C(F)(F)F. The van der Waals surface area contributed by atoms with E-state index in [4.69, 9.17) is 9.84 Å². The Morgan fingerprint density at radius 1 is 1.30 bits per heavy atom. The summed E-state index contributed by atoms with van der Waals surface area (Å²) in [6.07, 6.45) is -6.20. The van der Waals surface area contributed by atoms with Gasteiger partial charge in [-0.05, 0) is 12.5 Å². The maximum Gasteiger partial charge on any atom is 0.416 e. The second kappa shape index (κ2) is 6.60. The molecule has 4 nitrogen and oxygen atoms in total. The van der Waals surface area contributed by atoms with Crippen LogP contribution in [0.2, 0.25) is 0 Å². The van der Waals surface area contributed by atoms with Crippen molar-refractivity contribution in [2.24, 2.45) is 0 Å². The van der Waals surface area contributed by atoms with Crippen molar-refractivity contribution in [1.82, 2.24) is 5.32 Å². The predicted octanol–water partition coefficient (Wildman–Crippen LogP) is 2.62. The van der Waals surface area contributed by atoms with Crippen LogP contribution in [0.25, 0.3) is 0 Å². The molecular weight excluding hydrogens is 275 g/mol. The number of ether oxygens (including phenoxy) is 1. The van der Waals surface area contributed by atoms with Crippen LogP contribution in [0.4, 0.5) is 18.0 Å². The van der Waals surface area contributed by atoms with E-state index in [-0.39, 0.29) is 13.2 Å². The fourth-order valence-electron chi connectivity index (χ4n) is 1.32. The Morgan fingerprint density at radius 2 is 1.90 bits per heavy atom. The number of rotatable bonds is 5. The van der Waals surface area contributed by atoms with Crippen molar-refractivity contribution in [2.45, 2.75) is 31.7 Å². The van der Waals surface area contributed by atoms with E-state index < -0.39 is 24.3 Å². The van der Waals surface area contributed by atoms with E-state index in [2.05, 4.69) is 5.32 Å². The highest BCUT2D eigenvalue weighted by molar-refractivity contribution is 5.67. The molecular formula is C13H16F3NO3. The van der Waals surface area contributed by atoms with Gasteiger partial charge >= 0.3 is 12.3 Å². The van der Waals surface area contributed by atoms with Crippen molar-refractivity contribution in [3.63, 3.8) is 0 Å². The molecule has 1 rings (SSSR count). The maximum absolute atomic E-state index is 12.3. The van der Waals surface area contributed by atoms with Gasteiger partial charge in [0, 0.05) is 13.0 Å². The number of alkyl carbamates (subject to hydrolysis) is 1. The molecule has 1 atom stereocenters. The molecule has 1 aromatic rings. The first-order valence-electron chi connectivity index (χ1n) is 5.96. The van der Waals surface area contributed by atoms with Crippen molar-refractivity contribution in [1.29, 1.82) is 0 Å². The van der Waals surface area contributed by atoms with Crippen LogP contribution in [0.5, 0.6) is 0 Å². The van der Waals surface area contributed by atoms with Gasteiger partial charge in [0.05, 0.1) is 0 Å². The highest BCUT2D eigenvalue weighted by Gasteiger charge is 2.49. The van der Waals surface area contributed by atoms with Gasteiger partial charge in [0.2, 0.25) is 0 Å². The fraction of sp³-hybridized carbons (Fsp3) is 0.462. The molecule has 0 aromatic heterocycles. The average Bonchev–Trinajstić information content (AvgIpc) is 2.36. The van der Waals surface area contributed by atoms with Crippen LogP contribution in [-0.4, -0.2) is 29.5 Å². The summed E-state index contributed by atoms with van der Waals surface area (Å²) in [5, 5.41) is 11.3. The highest BCUT2D eigenvalue weighted by Crippen LogP contribution is 2.32. The minimum absolute atomic E-state index is 0.0301. The second-order valence-corrected chi connectivity index (χ2v) is 4.51. The van der Waals surface area contributed by atoms with E-state index in [1.54, 1.807) is 24.3 Å². The third-order valence-electron chi connectivity index (χ3n) is 2.70. The minimum Gasteiger partial charge on any atom is -0.445 e. The van der Waals surface area contributed by atoms with E-state index in [1.807, 2.05) is 6.07 Å². The fourth-order valence-corrected chi connectivity index (χ4v) is 1.32. The van der Waals surface area contributed by atoms with E-state index in [9.17, 15) is 18.0 Å². The van der Waals surface area contributed by atoms with Gasteiger partial charge in [-0.15, -0.1) is 0 Å². The lowest BCUT2D eigenvalue weighted by Gasteiger charge is -2.26. The number of hydrogen-bond acceptors (Lipinski definition) is 3. The molecule has 1 amide bonds. The van der Waals surface area contributed by atoms with Gasteiger partial charge in [-0.3, -0.25) is 0 Å². The smallest absolute Gasteiger partial charge is 0.416 e. The van der Waals surface area contributed by atoms with E-state index in [0.29, 0.717) is 6.92 Å². The molecule has 1 unspecified atom stereocenters. The van der Waals surface area contributed by atoms with Gasteiger partial charge in [-0.1, -0.05) is 30.3 Å². The van der Waals surface area contributed by atoms with Crippen LogP contribution in [0.1, 0.15) is 18.9 Å². The Balaban J connectivity index is 2.27. The van der Waals surface area contributed by atoms with Gasteiger partial charge in [-0.25, -0.2) is 4.79 Å². The summed E-state index contributed by atoms with van der Waals surface area (Å²) >= 11 is 0. The van der Waals surface area contributed by atoms with Crippen molar-refractivity contribution in [3.05, 3.63) is 35.9 Å². The zero-order valence-corrected chi connectivity index (χ0v) is 10.9. The van der Waals surface area contributed by atoms with Crippen LogP contribution in [0, 0.1) is 0 Å². The Bertz CT molecular complexity index is 432. The maximum atomic E-state index is 12.3. The number of nitrogens with one attached hydrogen (secondary N) is 1. The quantitative estimate of drug-likeness (QED) is 0.876. The summed E-state index contributed by atoms with van der Waals surface area (Å²) in [6, 6.07) is 8.86. The van der Waals surface area contributed by atoms with Gasteiger partial charge in [0.25, 0.3) is 0 Å². The first kappa shape index (κ1) is 16.3. The molecule has 0 saturated carbocycles. The third kappa shape index (κ3) is 5.08. The molecule has 0 spiro atoms. The largest absolute Gasteiger partial charge is 0.445 e. The molecule has 0 radical (unpaired) electrons. The zero-order valence-electron chi connectivity index (χ0n) is 10.9. The lowest BCUT2D eigenvalue weighted by Crippen LogP contribution is -2.44. The average molecular weight is 291 g/mol. The minimum atomic E-state index is -4.73. The molecule has 0 saturated heterocycles. The first-order chi connectivity index (χ1) is 9.22.